The second kappa shape index (κ2) is 10.8. The molecular formula is C28H30N4O4S. The van der Waals surface area contributed by atoms with E-state index in [-0.39, 0.29) is 23.5 Å². The van der Waals surface area contributed by atoms with Gasteiger partial charge in [-0.1, -0.05) is 24.3 Å². The predicted octanol–water partition coefficient (Wildman–Crippen LogP) is 4.29. The molecule has 1 aromatic heterocycles. The molecule has 2 amide bonds. The number of carbonyl (C=O) groups is 2. The molecule has 3 aromatic rings. The van der Waals surface area contributed by atoms with Crippen LogP contribution < -0.4 is 0 Å². The van der Waals surface area contributed by atoms with Crippen molar-refractivity contribution in [3.63, 3.8) is 0 Å². The van der Waals surface area contributed by atoms with Gasteiger partial charge < -0.3 is 9.80 Å². The second-order valence-electron chi connectivity index (χ2n) is 9.57. The maximum atomic E-state index is 13.1. The molecule has 2 aliphatic rings. The molecule has 0 spiro atoms. The quantitative estimate of drug-likeness (QED) is 0.359. The zero-order chi connectivity index (χ0) is 25.9. The van der Waals surface area contributed by atoms with Crippen molar-refractivity contribution < 1.29 is 14.5 Å². The van der Waals surface area contributed by atoms with Crippen LogP contribution in [0, 0.1) is 17.0 Å². The van der Waals surface area contributed by atoms with Gasteiger partial charge in [0.25, 0.3) is 11.6 Å². The first-order valence-electron chi connectivity index (χ1n) is 12.6. The third-order valence-corrected chi connectivity index (χ3v) is 8.40. The number of thiophene rings is 1. The van der Waals surface area contributed by atoms with E-state index in [2.05, 4.69) is 47.5 Å². The molecule has 2 aromatic carbocycles. The van der Waals surface area contributed by atoms with Gasteiger partial charge in [0.2, 0.25) is 5.91 Å². The number of hydrogen-bond donors (Lipinski definition) is 0. The van der Waals surface area contributed by atoms with E-state index in [0.717, 1.165) is 13.0 Å². The Kier molecular flexibility index (Phi) is 7.34. The van der Waals surface area contributed by atoms with E-state index < -0.39 is 4.92 Å². The van der Waals surface area contributed by atoms with Crippen LogP contribution in [0.2, 0.25) is 0 Å². The van der Waals surface area contributed by atoms with Gasteiger partial charge in [0.05, 0.1) is 11.0 Å². The number of nitro groups is 1. The number of amides is 2. The number of nitrogens with zero attached hydrogens (tertiary/aromatic N) is 4. The smallest absolute Gasteiger partial charge is 0.269 e. The van der Waals surface area contributed by atoms with Crippen LogP contribution in [0.5, 0.6) is 0 Å². The van der Waals surface area contributed by atoms with E-state index >= 15 is 0 Å². The molecule has 9 heteroatoms. The van der Waals surface area contributed by atoms with Crippen molar-refractivity contribution in [2.24, 2.45) is 0 Å². The maximum absolute atomic E-state index is 13.1. The maximum Gasteiger partial charge on any atom is 0.269 e. The summed E-state index contributed by atoms with van der Waals surface area (Å²) in [5.41, 5.74) is 4.30. The number of non-ortho nitro benzene ring substituents is 1. The number of piperazine rings is 1. The first-order chi connectivity index (χ1) is 17.9. The van der Waals surface area contributed by atoms with Crippen LogP contribution >= 0.6 is 11.3 Å². The summed E-state index contributed by atoms with van der Waals surface area (Å²) < 4.78 is 0. The van der Waals surface area contributed by atoms with Gasteiger partial charge >= 0.3 is 0 Å². The molecule has 0 N–H and O–H groups in total. The van der Waals surface area contributed by atoms with Crippen LogP contribution in [-0.4, -0.2) is 70.7 Å². The third kappa shape index (κ3) is 5.28. The predicted molar refractivity (Wildman–Crippen MR) is 143 cm³/mol. The molecule has 8 nitrogen and oxygen atoms in total. The number of rotatable bonds is 6. The van der Waals surface area contributed by atoms with Crippen LogP contribution in [0.4, 0.5) is 5.69 Å². The molecule has 1 atom stereocenters. The number of nitro benzene ring substituents is 1. The van der Waals surface area contributed by atoms with Gasteiger partial charge in [0, 0.05) is 68.3 Å². The summed E-state index contributed by atoms with van der Waals surface area (Å²) in [6.07, 6.45) is 1.45. The van der Waals surface area contributed by atoms with Gasteiger partial charge in [-0.3, -0.25) is 24.6 Å². The molecule has 192 valence electrons. The topological polar surface area (TPSA) is 87.0 Å². The van der Waals surface area contributed by atoms with Crippen LogP contribution in [0.15, 0.2) is 60.0 Å². The van der Waals surface area contributed by atoms with E-state index in [1.807, 2.05) is 16.2 Å². The zero-order valence-electron chi connectivity index (χ0n) is 20.8. The Hall–Kier alpha value is -3.56. The molecule has 0 saturated carbocycles. The van der Waals surface area contributed by atoms with Crippen molar-refractivity contribution in [2.75, 3.05) is 39.3 Å². The van der Waals surface area contributed by atoms with Crippen molar-refractivity contribution in [3.8, 4) is 0 Å². The fourth-order valence-electron chi connectivity index (χ4n) is 5.33. The van der Waals surface area contributed by atoms with Crippen molar-refractivity contribution in [1.82, 2.24) is 14.7 Å². The van der Waals surface area contributed by atoms with Crippen molar-refractivity contribution >= 4 is 28.8 Å². The number of fused-ring (bicyclic) bond motifs is 1. The normalized spacial score (nSPS) is 17.9. The third-order valence-electron chi connectivity index (χ3n) is 7.41. The highest BCUT2D eigenvalue weighted by Crippen LogP contribution is 2.38. The summed E-state index contributed by atoms with van der Waals surface area (Å²) in [6.45, 7) is 5.66. The number of aryl methyl sites for hydroxylation is 1. The van der Waals surface area contributed by atoms with Crippen molar-refractivity contribution in [1.29, 1.82) is 0 Å². The van der Waals surface area contributed by atoms with Crippen LogP contribution in [0.1, 0.15) is 44.4 Å². The monoisotopic (exact) mass is 518 g/mol. The van der Waals surface area contributed by atoms with Gasteiger partial charge in [0.1, 0.15) is 0 Å². The SMILES string of the molecule is Cc1ccccc1[C@H]1c2ccsc2CCN1CCC(=O)N1CCN(C(=O)c2ccc([N+](=O)[O-])cc2)CC1. The average molecular weight is 519 g/mol. The summed E-state index contributed by atoms with van der Waals surface area (Å²) in [5, 5.41) is 13.0. The van der Waals surface area contributed by atoms with Gasteiger partial charge in [0.15, 0.2) is 0 Å². The molecule has 1 saturated heterocycles. The van der Waals surface area contributed by atoms with Crippen LogP contribution in [0.3, 0.4) is 0 Å². The zero-order valence-corrected chi connectivity index (χ0v) is 21.7. The van der Waals surface area contributed by atoms with Crippen molar-refractivity contribution in [3.05, 3.63) is 97.2 Å². The molecular weight excluding hydrogens is 488 g/mol. The first-order valence-corrected chi connectivity index (χ1v) is 13.5. The standard InChI is InChI=1S/C28H30N4O4S/c1-20-4-2-3-5-23(20)27-24-12-19-37-25(24)10-13-30(27)14-11-26(33)29-15-17-31(18-16-29)28(34)21-6-8-22(9-7-21)32(35)36/h2-9,12,19,27H,10-11,13-18H2,1H3/t27-/m0/s1. The van der Waals surface area contributed by atoms with Gasteiger partial charge in [-0.2, -0.15) is 0 Å². The number of hydrogen-bond acceptors (Lipinski definition) is 6. The van der Waals surface area contributed by atoms with Gasteiger partial charge in [-0.05, 0) is 53.6 Å². The Morgan fingerprint density at radius 1 is 0.946 bits per heavy atom. The Morgan fingerprint density at radius 2 is 1.65 bits per heavy atom. The minimum atomic E-state index is -0.481. The molecule has 3 heterocycles. The Balaban J connectivity index is 1.18. The largest absolute Gasteiger partial charge is 0.339 e. The second-order valence-corrected chi connectivity index (χ2v) is 10.6. The summed E-state index contributed by atoms with van der Waals surface area (Å²) in [4.78, 5) is 43.7. The minimum Gasteiger partial charge on any atom is -0.339 e. The highest BCUT2D eigenvalue weighted by Gasteiger charge is 2.31. The van der Waals surface area contributed by atoms with E-state index in [4.69, 9.17) is 0 Å². The minimum absolute atomic E-state index is 0.0412. The lowest BCUT2D eigenvalue weighted by Crippen LogP contribution is -2.51. The van der Waals surface area contributed by atoms with E-state index in [1.165, 1.54) is 45.8 Å². The fourth-order valence-corrected chi connectivity index (χ4v) is 6.24. The van der Waals surface area contributed by atoms with E-state index in [1.54, 1.807) is 4.90 Å². The molecule has 0 bridgehead atoms. The lowest BCUT2D eigenvalue weighted by molar-refractivity contribution is -0.384. The summed E-state index contributed by atoms with van der Waals surface area (Å²) in [6, 6.07) is 16.6. The van der Waals surface area contributed by atoms with Crippen LogP contribution in [-0.2, 0) is 11.2 Å². The van der Waals surface area contributed by atoms with E-state index in [9.17, 15) is 19.7 Å². The molecule has 0 radical (unpaired) electrons. The number of benzene rings is 2. The van der Waals surface area contributed by atoms with Gasteiger partial charge in [-0.15, -0.1) is 11.3 Å². The van der Waals surface area contributed by atoms with E-state index in [0.29, 0.717) is 44.7 Å². The fraction of sp³-hybridized carbons (Fsp3) is 0.357. The first kappa shape index (κ1) is 25.1. The van der Waals surface area contributed by atoms with Crippen LogP contribution in [0.25, 0.3) is 0 Å². The molecule has 0 unspecified atom stereocenters. The Morgan fingerprint density at radius 3 is 2.35 bits per heavy atom. The lowest BCUT2D eigenvalue weighted by Gasteiger charge is -2.38. The molecule has 0 aliphatic carbocycles. The Bertz CT molecular complexity index is 1300. The lowest BCUT2D eigenvalue weighted by atomic mass is 9.90. The molecule has 1 fully saturated rings. The summed E-state index contributed by atoms with van der Waals surface area (Å²) in [7, 11) is 0. The molecule has 5 rings (SSSR count). The highest BCUT2D eigenvalue weighted by atomic mass is 32.1. The van der Waals surface area contributed by atoms with Gasteiger partial charge in [-0.25, -0.2) is 0 Å². The number of carbonyl (C=O) groups excluding carboxylic acids is 2. The molecule has 2 aliphatic heterocycles. The molecule has 37 heavy (non-hydrogen) atoms. The summed E-state index contributed by atoms with van der Waals surface area (Å²) >= 11 is 1.82. The summed E-state index contributed by atoms with van der Waals surface area (Å²) in [5.74, 6) is -0.0509. The average Bonchev–Trinajstić information content (AvgIpc) is 3.41. The highest BCUT2D eigenvalue weighted by molar-refractivity contribution is 7.10. The Labute approximate surface area is 220 Å². The van der Waals surface area contributed by atoms with Crippen molar-refractivity contribution in [2.45, 2.75) is 25.8 Å².